The predicted molar refractivity (Wildman–Crippen MR) is 140 cm³/mol. The zero-order valence-corrected chi connectivity index (χ0v) is 23.1. The summed E-state index contributed by atoms with van der Waals surface area (Å²) in [6, 6.07) is -3.03. The maximum absolute atomic E-state index is 12.5. The second-order valence-corrected chi connectivity index (χ2v) is 11.0. The van der Waals surface area contributed by atoms with Gasteiger partial charge in [-0.05, 0) is 33.2 Å². The number of hydrogen-bond acceptors (Lipinski definition) is 15. The van der Waals surface area contributed by atoms with Crippen LogP contribution in [0.15, 0.2) is 0 Å². The van der Waals surface area contributed by atoms with E-state index >= 15 is 0 Å². The maximum atomic E-state index is 12.5. The van der Waals surface area contributed by atoms with Crippen LogP contribution in [0.5, 0.6) is 0 Å². The molecule has 6 unspecified atom stereocenters. The number of ether oxygens (including phenoxy) is 4. The number of aliphatic hydroxyl groups is 5. The Kier molecular flexibility index (Phi) is 12.4. The lowest BCUT2D eigenvalue weighted by atomic mass is 9.83. The number of carbonyl (C=O) groups excluding carboxylic acids is 1. The molecule has 1 amide bonds. The predicted octanol–water partition coefficient (Wildman–Crippen LogP) is -5.88. The maximum Gasteiger partial charge on any atom is 0.250 e. The molecule has 0 bridgehead atoms. The largest absolute Gasteiger partial charge is 0.395 e. The van der Waals surface area contributed by atoms with E-state index in [1.165, 1.54) is 6.92 Å². The van der Waals surface area contributed by atoms with Crippen molar-refractivity contribution in [3.8, 4) is 0 Å². The van der Waals surface area contributed by atoms with E-state index in [1.807, 2.05) is 0 Å². The molecule has 2 saturated heterocycles. The summed E-state index contributed by atoms with van der Waals surface area (Å²) < 4.78 is 23.8. The smallest absolute Gasteiger partial charge is 0.250 e. The van der Waals surface area contributed by atoms with Gasteiger partial charge in [-0.3, -0.25) is 4.79 Å². The van der Waals surface area contributed by atoms with Crippen LogP contribution < -0.4 is 33.2 Å². The fourth-order valence-corrected chi connectivity index (χ4v) is 5.50. The summed E-state index contributed by atoms with van der Waals surface area (Å²) in [4.78, 5) is 12.5. The van der Waals surface area contributed by atoms with Crippen LogP contribution in [0.25, 0.3) is 0 Å². The highest BCUT2D eigenvalue weighted by Crippen LogP contribution is 2.32. The molecule has 40 heavy (non-hydrogen) atoms. The van der Waals surface area contributed by atoms with Gasteiger partial charge >= 0.3 is 0 Å². The Morgan fingerprint density at radius 2 is 1.82 bits per heavy atom. The van der Waals surface area contributed by atoms with Crippen LogP contribution in [0.4, 0.5) is 0 Å². The van der Waals surface area contributed by atoms with Crippen LogP contribution in [0.3, 0.4) is 0 Å². The monoisotopic (exact) mass is 580 g/mol. The molecule has 3 aliphatic rings. The van der Waals surface area contributed by atoms with E-state index in [9.17, 15) is 25.2 Å². The topological polar surface area (TPSA) is 269 Å². The van der Waals surface area contributed by atoms with Crippen molar-refractivity contribution >= 4 is 5.91 Å². The van der Waals surface area contributed by atoms with Gasteiger partial charge in [0.05, 0.1) is 37.4 Å². The average molecular weight is 581 g/mol. The molecular formula is C24H48N6O10. The molecule has 3 rings (SSSR count). The molecule has 1 saturated carbocycles. The number of amides is 1. The molecule has 16 heteroatoms. The fourth-order valence-electron chi connectivity index (χ4n) is 5.50. The Balaban J connectivity index is 1.78. The summed E-state index contributed by atoms with van der Waals surface area (Å²) in [5, 5.41) is 60.4. The molecule has 14 N–H and O–H groups in total. The third-order valence-corrected chi connectivity index (χ3v) is 7.75. The molecule has 2 aliphatic heterocycles. The first-order chi connectivity index (χ1) is 18.9. The zero-order valence-electron chi connectivity index (χ0n) is 23.1. The number of carbonyl (C=O) groups is 1. The first-order valence-corrected chi connectivity index (χ1v) is 13.8. The van der Waals surface area contributed by atoms with E-state index < -0.39 is 78.8 Å². The summed E-state index contributed by atoms with van der Waals surface area (Å²) in [6.07, 6.45) is -7.62. The minimum atomic E-state index is -1.49. The lowest BCUT2D eigenvalue weighted by Gasteiger charge is -2.49. The van der Waals surface area contributed by atoms with Crippen LogP contribution >= 0.6 is 0 Å². The molecule has 16 nitrogen and oxygen atoms in total. The molecule has 0 radical (unpaired) electrons. The van der Waals surface area contributed by atoms with Crippen LogP contribution in [-0.4, -0.2) is 150 Å². The van der Waals surface area contributed by atoms with Crippen molar-refractivity contribution in [3.63, 3.8) is 0 Å². The van der Waals surface area contributed by atoms with Crippen LogP contribution in [0.2, 0.25) is 0 Å². The first kappa shape index (κ1) is 33.4. The van der Waals surface area contributed by atoms with Gasteiger partial charge in [0.15, 0.2) is 12.6 Å². The summed E-state index contributed by atoms with van der Waals surface area (Å²) >= 11 is 0. The van der Waals surface area contributed by atoms with Gasteiger partial charge in [-0.1, -0.05) is 0 Å². The summed E-state index contributed by atoms with van der Waals surface area (Å²) in [6.45, 7) is 1.88. The van der Waals surface area contributed by atoms with E-state index in [-0.39, 0.29) is 32.3 Å². The summed E-state index contributed by atoms with van der Waals surface area (Å²) in [5.74, 6) is -0.781. The van der Waals surface area contributed by atoms with Gasteiger partial charge in [-0.15, -0.1) is 0 Å². The van der Waals surface area contributed by atoms with Crippen LogP contribution in [0.1, 0.15) is 26.2 Å². The molecule has 0 spiro atoms. The summed E-state index contributed by atoms with van der Waals surface area (Å²) in [7, 11) is 1.57. The molecule has 1 aliphatic carbocycles. The third-order valence-electron chi connectivity index (χ3n) is 7.75. The van der Waals surface area contributed by atoms with Crippen molar-refractivity contribution < 1.29 is 49.3 Å². The number of rotatable bonds is 12. The molecule has 0 aromatic carbocycles. The Morgan fingerprint density at radius 1 is 1.12 bits per heavy atom. The highest BCUT2D eigenvalue weighted by molar-refractivity contribution is 5.81. The second-order valence-electron chi connectivity index (χ2n) is 11.0. The summed E-state index contributed by atoms with van der Waals surface area (Å²) in [5.41, 5.74) is 16.7. The van der Waals surface area contributed by atoms with E-state index in [4.69, 9.17) is 41.3 Å². The number of aliphatic hydroxyl groups excluding tert-OH is 4. The highest BCUT2D eigenvalue weighted by atomic mass is 16.7. The molecular weight excluding hydrogens is 532 g/mol. The number of nitrogens with two attached hydrogens (primary N) is 3. The standard InChI is InChI=1S/C24H48N6O10/c1-24(36)10-37-23(17(34)20(24)28-2)40-19-14(30-21(35)15(32)8-25)7-13(27)18(16(19)33)39-22-12(26)4-3-11(38-22)9-29-5-6-31/h11-20,22-23,28-29,31-34,36H,3-10,25-27H2,1-2H3,(H,30,35)/t11-,12?,13-,14+,15-,16?,17?,18?,19?,20+,22+,23+,24?/m0/s1. The zero-order chi connectivity index (χ0) is 29.6. The van der Waals surface area contributed by atoms with Gasteiger partial charge in [0.2, 0.25) is 5.91 Å². The quantitative estimate of drug-likeness (QED) is 0.0959. The van der Waals surface area contributed by atoms with Crippen LogP contribution in [0, 0.1) is 0 Å². The van der Waals surface area contributed by atoms with E-state index in [0.29, 0.717) is 25.9 Å². The van der Waals surface area contributed by atoms with E-state index in [0.717, 1.165) is 0 Å². The Bertz CT molecular complexity index is 799. The van der Waals surface area contributed by atoms with Crippen molar-refractivity contribution in [2.45, 2.75) is 105 Å². The number of hydrogen-bond donors (Lipinski definition) is 11. The molecule has 0 aromatic rings. The van der Waals surface area contributed by atoms with Gasteiger partial charge in [0, 0.05) is 25.7 Å². The Morgan fingerprint density at radius 3 is 2.48 bits per heavy atom. The molecule has 2 heterocycles. The second kappa shape index (κ2) is 14.9. The van der Waals surface area contributed by atoms with Gasteiger partial charge in [-0.25, -0.2) is 0 Å². The van der Waals surface area contributed by atoms with Crippen molar-refractivity contribution in [2.75, 3.05) is 39.9 Å². The normalized spacial score (nSPS) is 43.3. The molecule has 3 fully saturated rings. The Hall–Kier alpha value is -1.09. The minimum Gasteiger partial charge on any atom is -0.395 e. The van der Waals surface area contributed by atoms with Crippen LogP contribution in [-0.2, 0) is 23.7 Å². The number of nitrogens with one attached hydrogen (secondary N) is 3. The lowest BCUT2D eigenvalue weighted by Crippen LogP contribution is -2.69. The van der Waals surface area contributed by atoms with E-state index in [1.54, 1.807) is 7.05 Å². The van der Waals surface area contributed by atoms with Gasteiger partial charge in [0.25, 0.3) is 0 Å². The number of likely N-dealkylation sites (N-methyl/N-ethyl adjacent to an activating group) is 1. The first-order valence-electron chi connectivity index (χ1n) is 13.8. The molecule has 13 atom stereocenters. The van der Waals surface area contributed by atoms with Gasteiger partial charge in [0.1, 0.15) is 36.1 Å². The lowest BCUT2D eigenvalue weighted by molar-refractivity contribution is -0.307. The van der Waals surface area contributed by atoms with E-state index in [2.05, 4.69) is 16.0 Å². The minimum absolute atomic E-state index is 0.0112. The average Bonchev–Trinajstić information content (AvgIpc) is 2.91. The SMILES string of the molecule is CN[C@@H]1C(O)[C@@H](OC2C(O)C(O[C@H]3O[C@H](CNCCO)CCC3N)[C@@H](N)C[C@H]2NC(=O)[C@@H](O)CN)OCC1(C)O. The Labute approximate surface area is 233 Å². The highest BCUT2D eigenvalue weighted by Gasteiger charge is 2.52. The third kappa shape index (κ3) is 8.05. The van der Waals surface area contributed by atoms with Gasteiger partial charge < -0.3 is 77.6 Å². The van der Waals surface area contributed by atoms with Crippen molar-refractivity contribution in [3.05, 3.63) is 0 Å². The molecule has 0 aromatic heterocycles. The fraction of sp³-hybridized carbons (Fsp3) is 0.958. The van der Waals surface area contributed by atoms with Crippen molar-refractivity contribution in [1.82, 2.24) is 16.0 Å². The molecule has 234 valence electrons. The van der Waals surface area contributed by atoms with Gasteiger partial charge in [-0.2, -0.15) is 0 Å². The van der Waals surface area contributed by atoms with Crippen molar-refractivity contribution in [2.24, 2.45) is 17.2 Å². The van der Waals surface area contributed by atoms with Crippen molar-refractivity contribution in [1.29, 1.82) is 0 Å².